The van der Waals surface area contributed by atoms with Crippen LogP contribution in [0.2, 0.25) is 0 Å². The molecular weight excluding hydrogens is 270 g/mol. The number of anilines is 1. The number of carbonyl (C=O) groups is 2. The van der Waals surface area contributed by atoms with Crippen molar-refractivity contribution in [3.05, 3.63) is 59.7 Å². The first-order valence-corrected chi connectivity index (χ1v) is 6.53. The Bertz CT molecular complexity index is 686. The fourth-order valence-corrected chi connectivity index (χ4v) is 2.32. The Hall–Kier alpha value is -2.82. The lowest BCUT2D eigenvalue weighted by Crippen LogP contribution is -2.32. The molecule has 2 aromatic rings. The highest BCUT2D eigenvalue weighted by Crippen LogP contribution is 2.28. The Morgan fingerprint density at radius 1 is 1.10 bits per heavy atom. The smallest absolute Gasteiger partial charge is 0.337 e. The van der Waals surface area contributed by atoms with Gasteiger partial charge >= 0.3 is 5.97 Å². The van der Waals surface area contributed by atoms with Gasteiger partial charge < -0.3 is 15.2 Å². The van der Waals surface area contributed by atoms with Gasteiger partial charge in [0.25, 0.3) is 5.91 Å². The monoisotopic (exact) mass is 283 g/mol. The van der Waals surface area contributed by atoms with Crippen LogP contribution in [0.4, 0.5) is 5.69 Å². The molecule has 0 unspecified atom stereocenters. The van der Waals surface area contributed by atoms with Gasteiger partial charge in [0.2, 0.25) is 0 Å². The molecular formula is C16H13NO4. The van der Waals surface area contributed by atoms with E-state index in [0.717, 1.165) is 5.56 Å². The third-order valence-electron chi connectivity index (χ3n) is 3.35. The molecule has 0 fully saturated rings. The van der Waals surface area contributed by atoms with Crippen molar-refractivity contribution in [2.24, 2.45) is 0 Å². The van der Waals surface area contributed by atoms with Crippen LogP contribution in [0.5, 0.6) is 5.75 Å². The number of hydrogen-bond donors (Lipinski definition) is 2. The van der Waals surface area contributed by atoms with Crippen molar-refractivity contribution in [2.45, 2.75) is 12.5 Å². The van der Waals surface area contributed by atoms with Gasteiger partial charge in [-0.25, -0.2) is 4.79 Å². The zero-order chi connectivity index (χ0) is 14.8. The molecule has 3 rings (SSSR count). The van der Waals surface area contributed by atoms with E-state index in [1.54, 1.807) is 18.2 Å². The Balaban J connectivity index is 1.76. The van der Waals surface area contributed by atoms with E-state index in [-0.39, 0.29) is 17.2 Å². The SMILES string of the molecule is O=C(O)c1ccccc1NC(=O)[C@@H]1Cc2ccccc2O1. The predicted molar refractivity (Wildman–Crippen MR) is 76.6 cm³/mol. The summed E-state index contributed by atoms with van der Waals surface area (Å²) in [4.78, 5) is 23.3. The van der Waals surface area contributed by atoms with E-state index in [1.165, 1.54) is 6.07 Å². The first kappa shape index (κ1) is 13.2. The maximum atomic E-state index is 12.2. The zero-order valence-electron chi connectivity index (χ0n) is 11.1. The first-order valence-electron chi connectivity index (χ1n) is 6.53. The van der Waals surface area contributed by atoms with E-state index in [1.807, 2.05) is 24.3 Å². The number of aromatic carboxylic acids is 1. The van der Waals surface area contributed by atoms with Crippen LogP contribution in [0.1, 0.15) is 15.9 Å². The lowest BCUT2D eigenvalue weighted by atomic mass is 10.1. The summed E-state index contributed by atoms with van der Waals surface area (Å²) in [5.41, 5.74) is 1.31. The van der Waals surface area contributed by atoms with E-state index in [4.69, 9.17) is 9.84 Å². The second-order valence-corrected chi connectivity index (χ2v) is 4.76. The quantitative estimate of drug-likeness (QED) is 0.906. The number of fused-ring (bicyclic) bond motifs is 1. The Morgan fingerprint density at radius 2 is 1.81 bits per heavy atom. The molecule has 5 heteroatoms. The lowest BCUT2D eigenvalue weighted by Gasteiger charge is -2.12. The molecule has 0 bridgehead atoms. The first-order chi connectivity index (χ1) is 10.1. The second-order valence-electron chi connectivity index (χ2n) is 4.76. The number of rotatable bonds is 3. The Labute approximate surface area is 121 Å². The van der Waals surface area contributed by atoms with Crippen LogP contribution < -0.4 is 10.1 Å². The van der Waals surface area contributed by atoms with Crippen LogP contribution in [-0.2, 0) is 11.2 Å². The number of benzene rings is 2. The largest absolute Gasteiger partial charge is 0.480 e. The van der Waals surface area contributed by atoms with Crippen molar-refractivity contribution in [2.75, 3.05) is 5.32 Å². The fraction of sp³-hybridized carbons (Fsp3) is 0.125. The maximum absolute atomic E-state index is 12.2. The predicted octanol–water partition coefficient (Wildman–Crippen LogP) is 2.33. The van der Waals surface area contributed by atoms with E-state index < -0.39 is 12.1 Å². The molecule has 2 N–H and O–H groups in total. The van der Waals surface area contributed by atoms with Gasteiger partial charge in [-0.05, 0) is 23.8 Å². The number of para-hydroxylation sites is 2. The standard InChI is InChI=1S/C16H13NO4/c18-15(14-9-10-5-1-4-8-13(10)21-14)17-12-7-3-2-6-11(12)16(19)20/h1-8,14H,9H2,(H,17,18)(H,19,20)/t14-/m0/s1. The van der Waals surface area contributed by atoms with Crippen LogP contribution >= 0.6 is 0 Å². The molecule has 106 valence electrons. The number of ether oxygens (including phenoxy) is 1. The molecule has 21 heavy (non-hydrogen) atoms. The molecule has 0 radical (unpaired) electrons. The van der Waals surface area contributed by atoms with E-state index in [2.05, 4.69) is 5.32 Å². The minimum absolute atomic E-state index is 0.0568. The molecule has 0 spiro atoms. The maximum Gasteiger partial charge on any atom is 0.337 e. The lowest BCUT2D eigenvalue weighted by molar-refractivity contribution is -0.122. The van der Waals surface area contributed by atoms with Crippen molar-refractivity contribution >= 4 is 17.6 Å². The van der Waals surface area contributed by atoms with Crippen molar-refractivity contribution in [1.29, 1.82) is 0 Å². The highest BCUT2D eigenvalue weighted by Gasteiger charge is 2.29. The van der Waals surface area contributed by atoms with E-state index in [9.17, 15) is 9.59 Å². The van der Waals surface area contributed by atoms with Gasteiger partial charge in [-0.3, -0.25) is 4.79 Å². The minimum Gasteiger partial charge on any atom is -0.480 e. The highest BCUT2D eigenvalue weighted by atomic mass is 16.5. The second kappa shape index (κ2) is 5.28. The third-order valence-corrected chi connectivity index (χ3v) is 3.35. The van der Waals surface area contributed by atoms with Crippen LogP contribution in [0, 0.1) is 0 Å². The Morgan fingerprint density at radius 3 is 2.57 bits per heavy atom. The van der Waals surface area contributed by atoms with Gasteiger partial charge in [0.05, 0.1) is 11.3 Å². The molecule has 0 aliphatic carbocycles. The van der Waals surface area contributed by atoms with Crippen molar-refractivity contribution < 1.29 is 19.4 Å². The van der Waals surface area contributed by atoms with Gasteiger partial charge in [-0.15, -0.1) is 0 Å². The molecule has 0 saturated heterocycles. The topological polar surface area (TPSA) is 75.6 Å². The average Bonchev–Trinajstić information content (AvgIpc) is 2.91. The molecule has 0 aromatic heterocycles. The van der Waals surface area contributed by atoms with E-state index in [0.29, 0.717) is 12.2 Å². The summed E-state index contributed by atoms with van der Waals surface area (Å²) in [6.07, 6.45) is -0.152. The van der Waals surface area contributed by atoms with Gasteiger partial charge in [-0.1, -0.05) is 30.3 Å². The third kappa shape index (κ3) is 2.58. The number of carboxylic acids is 1. The molecule has 1 aliphatic heterocycles. The van der Waals surface area contributed by atoms with Crippen molar-refractivity contribution in [3.8, 4) is 5.75 Å². The summed E-state index contributed by atoms with van der Waals surface area (Å²) in [6, 6.07) is 13.8. The fourth-order valence-electron chi connectivity index (χ4n) is 2.32. The molecule has 5 nitrogen and oxygen atoms in total. The highest BCUT2D eigenvalue weighted by molar-refractivity contribution is 6.02. The summed E-state index contributed by atoms with van der Waals surface area (Å²) in [5, 5.41) is 11.7. The summed E-state index contributed by atoms with van der Waals surface area (Å²) in [5.74, 6) is -0.731. The normalized spacial score (nSPS) is 15.9. The Kier molecular flexibility index (Phi) is 3.31. The van der Waals surface area contributed by atoms with Crippen molar-refractivity contribution in [3.63, 3.8) is 0 Å². The summed E-state index contributed by atoms with van der Waals surface area (Å²) in [7, 11) is 0. The zero-order valence-corrected chi connectivity index (χ0v) is 11.1. The summed E-state index contributed by atoms with van der Waals surface area (Å²) < 4.78 is 5.58. The molecule has 0 saturated carbocycles. The molecule has 1 heterocycles. The van der Waals surface area contributed by atoms with Crippen LogP contribution in [0.3, 0.4) is 0 Å². The van der Waals surface area contributed by atoms with Gasteiger partial charge in [-0.2, -0.15) is 0 Å². The summed E-state index contributed by atoms with van der Waals surface area (Å²) in [6.45, 7) is 0. The van der Waals surface area contributed by atoms with Gasteiger partial charge in [0.1, 0.15) is 5.75 Å². The van der Waals surface area contributed by atoms with Gasteiger partial charge in [0, 0.05) is 6.42 Å². The van der Waals surface area contributed by atoms with Crippen LogP contribution in [-0.4, -0.2) is 23.1 Å². The number of amides is 1. The number of nitrogens with one attached hydrogen (secondary N) is 1. The number of carboxylic acid groups (broad SMARTS) is 1. The molecule has 1 atom stereocenters. The number of carbonyl (C=O) groups excluding carboxylic acids is 1. The average molecular weight is 283 g/mol. The van der Waals surface area contributed by atoms with Crippen molar-refractivity contribution in [1.82, 2.24) is 0 Å². The number of hydrogen-bond acceptors (Lipinski definition) is 3. The van der Waals surface area contributed by atoms with Gasteiger partial charge in [0.15, 0.2) is 6.10 Å². The van der Waals surface area contributed by atoms with Crippen LogP contribution in [0.15, 0.2) is 48.5 Å². The van der Waals surface area contributed by atoms with E-state index >= 15 is 0 Å². The molecule has 1 amide bonds. The molecule has 2 aromatic carbocycles. The summed E-state index contributed by atoms with van der Waals surface area (Å²) >= 11 is 0. The van der Waals surface area contributed by atoms with Crippen LogP contribution in [0.25, 0.3) is 0 Å². The minimum atomic E-state index is -1.08. The molecule has 1 aliphatic rings.